The van der Waals surface area contributed by atoms with E-state index in [2.05, 4.69) is 34.4 Å². The van der Waals surface area contributed by atoms with Gasteiger partial charge in [0.2, 0.25) is 5.95 Å². The van der Waals surface area contributed by atoms with Crippen LogP contribution < -0.4 is 10.6 Å². The summed E-state index contributed by atoms with van der Waals surface area (Å²) in [6.45, 7) is 7.36. The largest absolute Gasteiger partial charge is 0.394 e. The number of aryl methyl sites for hydroxylation is 1. The van der Waals surface area contributed by atoms with E-state index >= 15 is 0 Å². The van der Waals surface area contributed by atoms with Gasteiger partial charge in [-0.25, -0.2) is 4.98 Å². The number of nitrogens with one attached hydrogen (secondary N) is 2. The minimum Gasteiger partial charge on any atom is -0.394 e. The van der Waals surface area contributed by atoms with Crippen molar-refractivity contribution in [1.82, 2.24) is 9.97 Å². The first-order chi connectivity index (χ1) is 10.1. The van der Waals surface area contributed by atoms with Crippen molar-refractivity contribution in [3.05, 3.63) is 11.8 Å². The highest BCUT2D eigenvalue weighted by Gasteiger charge is 2.34. The van der Waals surface area contributed by atoms with Crippen molar-refractivity contribution < 1.29 is 5.11 Å². The van der Waals surface area contributed by atoms with E-state index in [1.807, 2.05) is 13.0 Å². The van der Waals surface area contributed by atoms with Crippen molar-refractivity contribution >= 4 is 11.8 Å². The van der Waals surface area contributed by atoms with Gasteiger partial charge >= 0.3 is 0 Å². The topological polar surface area (TPSA) is 70.1 Å². The Balaban J connectivity index is 2.14. The molecule has 1 heterocycles. The highest BCUT2D eigenvalue weighted by atomic mass is 16.3. The van der Waals surface area contributed by atoms with Crippen LogP contribution in [-0.2, 0) is 0 Å². The van der Waals surface area contributed by atoms with Crippen LogP contribution >= 0.6 is 0 Å². The van der Waals surface area contributed by atoms with Gasteiger partial charge in [0.15, 0.2) is 0 Å². The second-order valence-electron chi connectivity index (χ2n) is 6.41. The summed E-state index contributed by atoms with van der Waals surface area (Å²) >= 11 is 0. The van der Waals surface area contributed by atoms with E-state index in [0.29, 0.717) is 11.9 Å². The minimum atomic E-state index is -0.236. The lowest BCUT2D eigenvalue weighted by atomic mass is 9.77. The van der Waals surface area contributed by atoms with Crippen molar-refractivity contribution in [3.63, 3.8) is 0 Å². The lowest BCUT2D eigenvalue weighted by Crippen LogP contribution is -2.46. The first-order valence-electron chi connectivity index (χ1n) is 8.05. The molecule has 0 saturated heterocycles. The van der Waals surface area contributed by atoms with E-state index in [4.69, 9.17) is 0 Å². The fourth-order valence-electron chi connectivity index (χ4n) is 3.18. The molecule has 0 aliphatic heterocycles. The molecule has 1 saturated carbocycles. The van der Waals surface area contributed by atoms with Crippen LogP contribution in [0.15, 0.2) is 6.07 Å². The fourth-order valence-corrected chi connectivity index (χ4v) is 3.18. The third kappa shape index (κ3) is 4.30. The number of hydrogen-bond acceptors (Lipinski definition) is 5. The third-order valence-electron chi connectivity index (χ3n) is 4.17. The summed E-state index contributed by atoms with van der Waals surface area (Å²) in [5, 5.41) is 16.6. The molecular formula is C16H28N4O. The van der Waals surface area contributed by atoms with Gasteiger partial charge in [0.25, 0.3) is 0 Å². The Morgan fingerprint density at radius 1 is 1.43 bits per heavy atom. The Morgan fingerprint density at radius 2 is 2.24 bits per heavy atom. The molecule has 21 heavy (non-hydrogen) atoms. The predicted octanol–water partition coefficient (Wildman–Crippen LogP) is 2.96. The van der Waals surface area contributed by atoms with E-state index in [9.17, 15) is 5.11 Å². The Kier molecular flexibility index (Phi) is 5.39. The van der Waals surface area contributed by atoms with Gasteiger partial charge in [-0.15, -0.1) is 0 Å². The third-order valence-corrected chi connectivity index (χ3v) is 4.17. The average Bonchev–Trinajstić information content (AvgIpc) is 2.44. The number of aliphatic hydroxyl groups excluding tert-OH is 1. The van der Waals surface area contributed by atoms with Crippen LogP contribution in [0, 0.1) is 12.8 Å². The Bertz CT molecular complexity index is 466. The van der Waals surface area contributed by atoms with Crippen LogP contribution in [0.3, 0.4) is 0 Å². The van der Waals surface area contributed by atoms with Crippen LogP contribution in [0.4, 0.5) is 11.8 Å². The molecular weight excluding hydrogens is 264 g/mol. The van der Waals surface area contributed by atoms with Gasteiger partial charge in [-0.3, -0.25) is 0 Å². The summed E-state index contributed by atoms with van der Waals surface area (Å²) in [5.41, 5.74) is 0.698. The second kappa shape index (κ2) is 7.07. The molecule has 0 spiro atoms. The molecule has 3 N–H and O–H groups in total. The number of aromatic nitrogens is 2. The van der Waals surface area contributed by atoms with Gasteiger partial charge in [0.1, 0.15) is 5.82 Å². The lowest BCUT2D eigenvalue weighted by molar-refractivity contribution is 0.149. The summed E-state index contributed by atoms with van der Waals surface area (Å²) < 4.78 is 0. The van der Waals surface area contributed by atoms with Gasteiger partial charge in [-0.2, -0.15) is 4.98 Å². The first kappa shape index (κ1) is 16.0. The summed E-state index contributed by atoms with van der Waals surface area (Å²) in [6.07, 6.45) is 5.42. The molecule has 1 aliphatic rings. The summed E-state index contributed by atoms with van der Waals surface area (Å²) in [4.78, 5) is 8.94. The number of hydrogen-bond donors (Lipinski definition) is 3. The molecule has 5 nitrogen and oxygen atoms in total. The molecule has 0 bridgehead atoms. The van der Waals surface area contributed by atoms with Crippen molar-refractivity contribution in [3.8, 4) is 0 Å². The monoisotopic (exact) mass is 292 g/mol. The molecule has 2 rings (SSSR count). The molecule has 1 fully saturated rings. The maximum Gasteiger partial charge on any atom is 0.224 e. The van der Waals surface area contributed by atoms with Gasteiger partial charge in [0, 0.05) is 18.3 Å². The molecule has 1 aromatic rings. The van der Waals surface area contributed by atoms with Crippen molar-refractivity contribution in [2.24, 2.45) is 5.92 Å². The molecule has 2 atom stereocenters. The SMILES string of the molecule is CCCNc1nc(C)cc(NC2(CO)CCCC(C)C2)n1. The summed E-state index contributed by atoms with van der Waals surface area (Å²) in [7, 11) is 0. The van der Waals surface area contributed by atoms with Crippen LogP contribution in [-0.4, -0.2) is 33.8 Å². The molecule has 0 amide bonds. The molecule has 5 heteroatoms. The zero-order valence-electron chi connectivity index (χ0n) is 13.4. The smallest absolute Gasteiger partial charge is 0.224 e. The molecule has 0 aromatic carbocycles. The van der Waals surface area contributed by atoms with Gasteiger partial charge in [0.05, 0.1) is 12.1 Å². The average molecular weight is 292 g/mol. The Hall–Kier alpha value is -1.36. The molecule has 2 unspecified atom stereocenters. The standard InChI is InChI=1S/C16H28N4O/c1-4-8-17-15-18-13(3)9-14(19-15)20-16(11-21)7-5-6-12(2)10-16/h9,12,21H,4-8,10-11H2,1-3H3,(H2,17,18,19,20). The first-order valence-corrected chi connectivity index (χ1v) is 8.05. The molecule has 1 aliphatic carbocycles. The van der Waals surface area contributed by atoms with E-state index in [1.54, 1.807) is 0 Å². The highest BCUT2D eigenvalue weighted by Crippen LogP contribution is 2.34. The van der Waals surface area contributed by atoms with Crippen molar-refractivity contribution in [2.45, 2.75) is 58.4 Å². The van der Waals surface area contributed by atoms with Gasteiger partial charge in [-0.05, 0) is 32.1 Å². The van der Waals surface area contributed by atoms with Gasteiger partial charge in [-0.1, -0.05) is 26.7 Å². The zero-order chi connectivity index (χ0) is 15.3. The van der Waals surface area contributed by atoms with Crippen LogP contribution in [0.1, 0.15) is 51.6 Å². The van der Waals surface area contributed by atoms with Crippen LogP contribution in [0.25, 0.3) is 0 Å². The van der Waals surface area contributed by atoms with E-state index < -0.39 is 0 Å². The highest BCUT2D eigenvalue weighted by molar-refractivity contribution is 5.44. The number of rotatable bonds is 6. The second-order valence-corrected chi connectivity index (χ2v) is 6.41. The normalized spacial score (nSPS) is 25.6. The zero-order valence-corrected chi connectivity index (χ0v) is 13.4. The lowest BCUT2D eigenvalue weighted by Gasteiger charge is -2.39. The predicted molar refractivity (Wildman–Crippen MR) is 86.6 cm³/mol. The Labute approximate surface area is 127 Å². The van der Waals surface area contributed by atoms with Crippen LogP contribution in [0.2, 0.25) is 0 Å². The quantitative estimate of drug-likeness (QED) is 0.752. The van der Waals surface area contributed by atoms with Crippen molar-refractivity contribution in [1.29, 1.82) is 0 Å². The number of nitrogens with zero attached hydrogens (tertiary/aromatic N) is 2. The van der Waals surface area contributed by atoms with Gasteiger partial charge < -0.3 is 15.7 Å². The number of aliphatic hydroxyl groups is 1. The summed E-state index contributed by atoms with van der Waals surface area (Å²) in [6, 6.07) is 1.95. The fraction of sp³-hybridized carbons (Fsp3) is 0.750. The van der Waals surface area contributed by atoms with E-state index in [0.717, 1.165) is 43.7 Å². The molecule has 0 radical (unpaired) electrons. The van der Waals surface area contributed by atoms with Crippen molar-refractivity contribution in [2.75, 3.05) is 23.8 Å². The van der Waals surface area contributed by atoms with E-state index in [1.165, 1.54) is 6.42 Å². The van der Waals surface area contributed by atoms with E-state index in [-0.39, 0.29) is 12.1 Å². The van der Waals surface area contributed by atoms with Crippen LogP contribution in [0.5, 0.6) is 0 Å². The Morgan fingerprint density at radius 3 is 2.90 bits per heavy atom. The number of anilines is 2. The molecule has 118 valence electrons. The maximum absolute atomic E-state index is 9.88. The summed E-state index contributed by atoms with van der Waals surface area (Å²) in [5.74, 6) is 2.11. The molecule has 1 aromatic heterocycles. The minimum absolute atomic E-state index is 0.151. The maximum atomic E-state index is 9.88.